The lowest BCUT2D eigenvalue weighted by Crippen LogP contribution is -2.43. The number of nitrogens with zero attached hydrogens (tertiary/aromatic N) is 4. The molecular weight excluding hydrogens is 328 g/mol. The highest BCUT2D eigenvalue weighted by Crippen LogP contribution is 2.27. The summed E-state index contributed by atoms with van der Waals surface area (Å²) in [6.07, 6.45) is 12.2. The lowest BCUT2D eigenvalue weighted by atomic mass is 10.0. The molecule has 4 rings (SSSR count). The van der Waals surface area contributed by atoms with E-state index in [0.29, 0.717) is 26.3 Å². The SMILES string of the molecule is O=C(C1CC=CC1)N1Cc2ccnn2C(CCOCc2cccnc2)C1. The summed E-state index contributed by atoms with van der Waals surface area (Å²) in [5, 5.41) is 4.47. The van der Waals surface area contributed by atoms with Crippen LogP contribution in [0.5, 0.6) is 0 Å². The lowest BCUT2D eigenvalue weighted by Gasteiger charge is -2.35. The van der Waals surface area contributed by atoms with Crippen LogP contribution in [-0.2, 0) is 22.7 Å². The van der Waals surface area contributed by atoms with Crippen molar-refractivity contribution in [2.45, 2.75) is 38.5 Å². The normalized spacial score (nSPS) is 19.7. The Labute approximate surface area is 153 Å². The van der Waals surface area contributed by atoms with Crippen LogP contribution in [-0.4, -0.2) is 38.7 Å². The van der Waals surface area contributed by atoms with E-state index in [-0.39, 0.29) is 17.9 Å². The van der Waals surface area contributed by atoms with Gasteiger partial charge < -0.3 is 9.64 Å². The highest BCUT2D eigenvalue weighted by molar-refractivity contribution is 5.79. The van der Waals surface area contributed by atoms with Crippen molar-refractivity contribution in [1.29, 1.82) is 0 Å². The van der Waals surface area contributed by atoms with Gasteiger partial charge in [0.1, 0.15) is 0 Å². The minimum Gasteiger partial charge on any atom is -0.377 e. The standard InChI is InChI=1S/C20H24N4O2/c25-20(17-5-1-2-6-17)23-13-18-7-10-22-24(18)19(14-23)8-11-26-15-16-4-3-9-21-12-16/h1-4,7,9-10,12,17,19H,5-6,8,11,13-15H2. The first-order valence-electron chi connectivity index (χ1n) is 9.24. The second-order valence-corrected chi connectivity index (χ2v) is 6.98. The van der Waals surface area contributed by atoms with E-state index in [9.17, 15) is 4.79 Å². The molecule has 3 heterocycles. The maximum absolute atomic E-state index is 12.8. The number of aromatic nitrogens is 3. The van der Waals surface area contributed by atoms with Crippen molar-refractivity contribution in [3.8, 4) is 0 Å². The number of allylic oxidation sites excluding steroid dienone is 2. The number of hydrogen-bond donors (Lipinski definition) is 0. The minimum atomic E-state index is 0.118. The van der Waals surface area contributed by atoms with Gasteiger partial charge >= 0.3 is 0 Å². The second kappa shape index (κ2) is 7.83. The van der Waals surface area contributed by atoms with Crippen LogP contribution < -0.4 is 0 Å². The maximum Gasteiger partial charge on any atom is 0.226 e. The van der Waals surface area contributed by atoms with Crippen LogP contribution in [0.3, 0.4) is 0 Å². The molecule has 6 nitrogen and oxygen atoms in total. The van der Waals surface area contributed by atoms with Crippen LogP contribution in [0.2, 0.25) is 0 Å². The molecule has 0 saturated heterocycles. The Hall–Kier alpha value is -2.47. The summed E-state index contributed by atoms with van der Waals surface area (Å²) in [6, 6.07) is 6.10. The lowest BCUT2D eigenvalue weighted by molar-refractivity contribution is -0.137. The molecule has 6 heteroatoms. The van der Waals surface area contributed by atoms with Crippen LogP contribution in [0.25, 0.3) is 0 Å². The molecule has 26 heavy (non-hydrogen) atoms. The van der Waals surface area contributed by atoms with Gasteiger partial charge in [-0.1, -0.05) is 18.2 Å². The largest absolute Gasteiger partial charge is 0.377 e. The van der Waals surface area contributed by atoms with Gasteiger partial charge in [0, 0.05) is 37.7 Å². The Kier molecular flexibility index (Phi) is 5.11. The fourth-order valence-electron chi connectivity index (χ4n) is 3.74. The first-order chi connectivity index (χ1) is 12.8. The Morgan fingerprint density at radius 3 is 2.92 bits per heavy atom. The number of amides is 1. The van der Waals surface area contributed by atoms with Crippen LogP contribution >= 0.6 is 0 Å². The highest BCUT2D eigenvalue weighted by Gasteiger charge is 2.32. The number of ether oxygens (including phenoxy) is 1. The van der Waals surface area contributed by atoms with Gasteiger partial charge in [-0.3, -0.25) is 14.5 Å². The predicted octanol–water partition coefficient (Wildman–Crippen LogP) is 2.73. The van der Waals surface area contributed by atoms with Crippen LogP contribution in [0.15, 0.2) is 48.9 Å². The zero-order chi connectivity index (χ0) is 17.8. The number of pyridine rings is 1. The van der Waals surface area contributed by atoms with Crippen molar-refractivity contribution in [2.75, 3.05) is 13.2 Å². The van der Waals surface area contributed by atoms with Gasteiger partial charge in [-0.05, 0) is 37.0 Å². The molecular formula is C20H24N4O2. The quantitative estimate of drug-likeness (QED) is 0.592. The van der Waals surface area contributed by atoms with E-state index in [2.05, 4.69) is 26.9 Å². The van der Waals surface area contributed by atoms with Gasteiger partial charge in [-0.2, -0.15) is 5.10 Å². The van der Waals surface area contributed by atoms with E-state index in [4.69, 9.17) is 4.74 Å². The first kappa shape index (κ1) is 17.0. The topological polar surface area (TPSA) is 60.2 Å². The van der Waals surface area contributed by atoms with Crippen molar-refractivity contribution in [2.24, 2.45) is 5.92 Å². The van der Waals surface area contributed by atoms with Crippen molar-refractivity contribution in [3.05, 3.63) is 60.2 Å². The summed E-state index contributed by atoms with van der Waals surface area (Å²) in [4.78, 5) is 18.9. The second-order valence-electron chi connectivity index (χ2n) is 6.98. The van der Waals surface area contributed by atoms with Crippen LogP contribution in [0.1, 0.15) is 36.6 Å². The number of carbonyl (C=O) groups is 1. The van der Waals surface area contributed by atoms with Gasteiger partial charge in [0.25, 0.3) is 0 Å². The molecule has 0 spiro atoms. The molecule has 0 aromatic carbocycles. The monoisotopic (exact) mass is 352 g/mol. The Bertz CT molecular complexity index is 763. The number of fused-ring (bicyclic) bond motifs is 1. The molecule has 2 aromatic heterocycles. The van der Waals surface area contributed by atoms with E-state index >= 15 is 0 Å². The third-order valence-corrected chi connectivity index (χ3v) is 5.14. The average molecular weight is 352 g/mol. The first-order valence-corrected chi connectivity index (χ1v) is 9.24. The Morgan fingerprint density at radius 2 is 2.12 bits per heavy atom. The van der Waals surface area contributed by atoms with E-state index in [0.717, 1.165) is 30.5 Å². The summed E-state index contributed by atoms with van der Waals surface area (Å²) in [6.45, 7) is 2.55. The van der Waals surface area contributed by atoms with E-state index in [1.165, 1.54) is 0 Å². The zero-order valence-corrected chi connectivity index (χ0v) is 14.8. The molecule has 1 aliphatic heterocycles. The van der Waals surface area contributed by atoms with Gasteiger partial charge in [-0.15, -0.1) is 0 Å². The van der Waals surface area contributed by atoms with Crippen molar-refractivity contribution >= 4 is 5.91 Å². The summed E-state index contributed by atoms with van der Waals surface area (Å²) in [5.41, 5.74) is 2.18. The molecule has 0 fully saturated rings. The smallest absolute Gasteiger partial charge is 0.226 e. The Balaban J connectivity index is 1.35. The maximum atomic E-state index is 12.8. The molecule has 1 amide bonds. The summed E-state index contributed by atoms with van der Waals surface area (Å²) in [5.74, 6) is 0.385. The number of hydrogen-bond acceptors (Lipinski definition) is 4. The number of carbonyl (C=O) groups excluding carboxylic acids is 1. The Morgan fingerprint density at radius 1 is 1.23 bits per heavy atom. The van der Waals surface area contributed by atoms with Crippen molar-refractivity contribution < 1.29 is 9.53 Å². The van der Waals surface area contributed by atoms with E-state index < -0.39 is 0 Å². The molecule has 1 unspecified atom stereocenters. The molecule has 1 aliphatic carbocycles. The minimum absolute atomic E-state index is 0.118. The van der Waals surface area contributed by atoms with Gasteiger partial charge in [0.2, 0.25) is 5.91 Å². The third-order valence-electron chi connectivity index (χ3n) is 5.14. The van der Waals surface area contributed by atoms with E-state index in [1.54, 1.807) is 6.20 Å². The van der Waals surface area contributed by atoms with Gasteiger partial charge in [-0.25, -0.2) is 0 Å². The third kappa shape index (κ3) is 3.70. The summed E-state index contributed by atoms with van der Waals surface area (Å²) < 4.78 is 7.87. The van der Waals surface area contributed by atoms with Crippen LogP contribution in [0, 0.1) is 5.92 Å². The zero-order valence-electron chi connectivity index (χ0n) is 14.8. The molecule has 0 saturated carbocycles. The molecule has 1 atom stereocenters. The molecule has 2 aromatic rings. The molecule has 0 bridgehead atoms. The number of rotatable bonds is 6. The molecule has 2 aliphatic rings. The fraction of sp³-hybridized carbons (Fsp3) is 0.450. The van der Waals surface area contributed by atoms with Gasteiger partial charge in [0.15, 0.2) is 0 Å². The fourth-order valence-corrected chi connectivity index (χ4v) is 3.74. The average Bonchev–Trinajstić information content (AvgIpc) is 3.37. The summed E-state index contributed by atoms with van der Waals surface area (Å²) >= 11 is 0. The molecule has 136 valence electrons. The van der Waals surface area contributed by atoms with E-state index in [1.807, 2.05) is 35.5 Å². The molecule has 0 N–H and O–H groups in total. The van der Waals surface area contributed by atoms with Crippen molar-refractivity contribution in [3.63, 3.8) is 0 Å². The molecule has 0 radical (unpaired) electrons. The highest BCUT2D eigenvalue weighted by atomic mass is 16.5. The summed E-state index contributed by atoms with van der Waals surface area (Å²) in [7, 11) is 0. The predicted molar refractivity (Wildman–Crippen MR) is 97.1 cm³/mol. The van der Waals surface area contributed by atoms with Gasteiger partial charge in [0.05, 0.1) is 24.9 Å². The van der Waals surface area contributed by atoms with Crippen LogP contribution in [0.4, 0.5) is 0 Å². The van der Waals surface area contributed by atoms with Crippen molar-refractivity contribution in [1.82, 2.24) is 19.7 Å².